The lowest BCUT2D eigenvalue weighted by atomic mass is 10.2. The highest BCUT2D eigenvalue weighted by atomic mass is 35.6. The molecule has 2 heterocycles. The molecule has 0 aromatic carbocycles. The van der Waals surface area contributed by atoms with E-state index in [1.807, 2.05) is 0 Å². The average molecular weight is 661 g/mol. The van der Waals surface area contributed by atoms with E-state index in [0.717, 1.165) is 4.57 Å². The number of aliphatic carboxylic acids is 1. The largest absolute Gasteiger partial charge is 0.480 e. The van der Waals surface area contributed by atoms with Crippen LogP contribution in [0.3, 0.4) is 0 Å². The van der Waals surface area contributed by atoms with Crippen LogP contribution in [0.2, 0.25) is 0 Å². The molecule has 2 atom stereocenters. The summed E-state index contributed by atoms with van der Waals surface area (Å²) in [6.45, 7) is -1.12. The third kappa shape index (κ3) is 11.2. The molecule has 1 saturated heterocycles. The molecule has 0 saturated carbocycles. The van der Waals surface area contributed by atoms with Crippen LogP contribution in [0.5, 0.6) is 0 Å². The minimum Gasteiger partial charge on any atom is -0.480 e. The fourth-order valence-corrected chi connectivity index (χ4v) is 3.30. The minimum atomic E-state index is -2.20. The van der Waals surface area contributed by atoms with Crippen molar-refractivity contribution in [3.05, 3.63) is 33.1 Å². The normalized spacial score (nSPS) is 18.9. The van der Waals surface area contributed by atoms with E-state index in [9.17, 15) is 18.9 Å². The fraction of sp³-hybridized carbons (Fsp3) is 0.688. The Morgan fingerprint density at radius 3 is 2.09 bits per heavy atom. The molecule has 1 aromatic rings. The van der Waals surface area contributed by atoms with Crippen molar-refractivity contribution in [3.8, 4) is 0 Å². The molecule has 2 rings (SSSR count). The maximum absolute atomic E-state index is 12.4. The van der Waals surface area contributed by atoms with Gasteiger partial charge in [-0.1, -0.05) is 69.6 Å². The van der Waals surface area contributed by atoms with Gasteiger partial charge in [0.25, 0.3) is 5.56 Å². The Hall–Kier alpha value is 0.120. The van der Waals surface area contributed by atoms with Crippen molar-refractivity contribution in [2.75, 3.05) is 19.1 Å². The second-order valence-corrected chi connectivity index (χ2v) is 12.3. The summed E-state index contributed by atoms with van der Waals surface area (Å²) in [5.74, 6) is -3.48. The number of aromatic nitrogens is 2. The molecule has 1 fully saturated rings. The van der Waals surface area contributed by atoms with Crippen LogP contribution in [0.15, 0.2) is 21.9 Å². The number of carboxylic acid groups (broad SMARTS) is 1. The third-order valence-electron chi connectivity index (χ3n) is 4.07. The van der Waals surface area contributed by atoms with Gasteiger partial charge in [-0.3, -0.25) is 18.7 Å². The van der Waals surface area contributed by atoms with Crippen LogP contribution in [0.1, 0.15) is 19.1 Å². The summed E-state index contributed by atoms with van der Waals surface area (Å²) in [5.41, 5.74) is -1.09. The Bertz CT molecular complexity index is 962. The predicted octanol–water partition coefficient (Wildman–Crippen LogP) is 4.19. The number of rotatable bonds is 9. The number of carbonyl (C=O) groups is 1. The van der Waals surface area contributed by atoms with E-state index in [1.165, 1.54) is 23.9 Å². The predicted molar refractivity (Wildman–Crippen MR) is 131 cm³/mol. The van der Waals surface area contributed by atoms with Crippen LogP contribution in [0.25, 0.3) is 0 Å². The maximum Gasteiger partial charge on any atom is 0.332 e. The summed E-state index contributed by atoms with van der Waals surface area (Å²) in [6, 6.07) is 1.21. The number of halogens is 7. The summed E-state index contributed by atoms with van der Waals surface area (Å²) >= 11 is 39.1. The fourth-order valence-electron chi connectivity index (χ4n) is 2.65. The Morgan fingerprint density at radius 1 is 1.14 bits per heavy atom. The second-order valence-electron chi connectivity index (χ2n) is 6.66. The molecule has 19 heteroatoms. The molecule has 1 aliphatic rings. The first-order valence-corrected chi connectivity index (χ1v) is 12.7. The maximum atomic E-state index is 12.4. The minimum absolute atomic E-state index is 0.190. The van der Waals surface area contributed by atoms with Crippen molar-refractivity contribution in [3.63, 3.8) is 0 Å². The zero-order valence-electron chi connectivity index (χ0n) is 17.5. The number of carboxylic acids is 1. The van der Waals surface area contributed by atoms with Crippen LogP contribution < -0.4 is 11.2 Å². The molecular weight excluding hydrogens is 643 g/mol. The number of nitrogens with zero attached hydrogens (tertiary/aromatic N) is 2. The second kappa shape index (κ2) is 14.3. The molecule has 0 spiro atoms. The Balaban J connectivity index is 0.00000111. The molecule has 0 bridgehead atoms. The summed E-state index contributed by atoms with van der Waals surface area (Å²) in [5, 5.41) is 7.59. The first-order chi connectivity index (χ1) is 16.0. The Labute approximate surface area is 235 Å². The summed E-state index contributed by atoms with van der Waals surface area (Å²) in [6.07, 6.45) is -0.148. The van der Waals surface area contributed by atoms with E-state index < -0.39 is 65.0 Å². The van der Waals surface area contributed by atoms with Crippen LogP contribution >= 0.6 is 89.9 Å². The number of alkyl halides is 7. The highest BCUT2D eigenvalue weighted by Crippen LogP contribution is 2.41. The molecule has 0 aliphatic carbocycles. The monoisotopic (exact) mass is 658 g/mol. The number of hydrogen-bond acceptors (Lipinski definition) is 8. The van der Waals surface area contributed by atoms with Gasteiger partial charge >= 0.3 is 26.3 Å². The van der Waals surface area contributed by atoms with Gasteiger partial charge in [0, 0.05) is 19.3 Å². The average Bonchev–Trinajstić information content (AvgIpc) is 3.24. The van der Waals surface area contributed by atoms with E-state index in [1.54, 1.807) is 0 Å². The SMILES string of the molecule is Cn1c(=O)ccn(C2CCC(C(OCC(Cl)(Cl)Cl)(OCC(Cl)(Cl)Cl)OP=O)O2)c1=O.O=C(O)CCl. The van der Waals surface area contributed by atoms with Crippen molar-refractivity contribution in [2.45, 2.75) is 38.7 Å². The van der Waals surface area contributed by atoms with Gasteiger partial charge in [0.2, 0.25) is 7.59 Å². The Kier molecular flexibility index (Phi) is 13.6. The van der Waals surface area contributed by atoms with Crippen molar-refractivity contribution in [1.29, 1.82) is 0 Å². The lowest BCUT2D eigenvalue weighted by Crippen LogP contribution is -2.51. The molecule has 1 aliphatic heterocycles. The van der Waals surface area contributed by atoms with Gasteiger partial charge in [-0.15, -0.1) is 11.6 Å². The van der Waals surface area contributed by atoms with E-state index in [-0.39, 0.29) is 18.7 Å². The lowest BCUT2D eigenvalue weighted by Gasteiger charge is -2.36. The molecule has 35 heavy (non-hydrogen) atoms. The van der Waals surface area contributed by atoms with Crippen molar-refractivity contribution in [2.24, 2.45) is 7.05 Å². The molecular formula is C16H18Cl7N2O9P. The lowest BCUT2D eigenvalue weighted by molar-refractivity contribution is -0.381. The molecule has 0 radical (unpaired) electrons. The Morgan fingerprint density at radius 2 is 1.66 bits per heavy atom. The van der Waals surface area contributed by atoms with Gasteiger partial charge in [0.1, 0.15) is 18.2 Å². The quantitative estimate of drug-likeness (QED) is 0.235. The first kappa shape index (κ1) is 33.1. The van der Waals surface area contributed by atoms with Crippen LogP contribution in [0, 0.1) is 0 Å². The summed E-state index contributed by atoms with van der Waals surface area (Å²) < 4.78 is 31.5. The van der Waals surface area contributed by atoms with Gasteiger partial charge in [-0.2, -0.15) is 0 Å². The first-order valence-electron chi connectivity index (χ1n) is 9.19. The molecule has 1 N–H and O–H groups in total. The van der Waals surface area contributed by atoms with Gasteiger partial charge in [0.15, 0.2) is 0 Å². The van der Waals surface area contributed by atoms with Gasteiger partial charge < -0.3 is 19.3 Å². The molecule has 1 aromatic heterocycles. The number of ether oxygens (including phenoxy) is 3. The van der Waals surface area contributed by atoms with E-state index in [0.29, 0.717) is 0 Å². The topological polar surface area (TPSA) is 135 Å². The van der Waals surface area contributed by atoms with Crippen molar-refractivity contribution < 1.29 is 33.2 Å². The van der Waals surface area contributed by atoms with Crippen LogP contribution in [0.4, 0.5) is 0 Å². The van der Waals surface area contributed by atoms with E-state index in [4.69, 9.17) is 105 Å². The molecule has 2 unspecified atom stereocenters. The summed E-state index contributed by atoms with van der Waals surface area (Å²) in [4.78, 5) is 33.2. The standard InChI is InChI=1S/C14H15Cl6N2O7P.C2H3ClO2/c1-21-9(23)4-5-22(11(21)24)10-3-2-8(28-10)14(29-30-25,26-6-12(15,16)17)27-7-13(18,19)20;3-1-2(4)5/h4-5,8,10H,2-3,6-7H2,1H3;1H2,(H,4,5). The zero-order chi connectivity index (χ0) is 27.0. The zero-order valence-corrected chi connectivity index (χ0v) is 23.7. The highest BCUT2D eigenvalue weighted by molar-refractivity contribution is 7.17. The molecule has 200 valence electrons. The summed E-state index contributed by atoms with van der Waals surface area (Å²) in [7, 11) is 0.461. The van der Waals surface area contributed by atoms with Gasteiger partial charge in [-0.05, 0) is 12.8 Å². The van der Waals surface area contributed by atoms with Crippen molar-refractivity contribution in [1.82, 2.24) is 9.13 Å². The third-order valence-corrected chi connectivity index (χ3v) is 5.28. The van der Waals surface area contributed by atoms with Crippen LogP contribution in [-0.4, -0.2) is 59.0 Å². The highest BCUT2D eigenvalue weighted by Gasteiger charge is 2.51. The smallest absolute Gasteiger partial charge is 0.332 e. The van der Waals surface area contributed by atoms with E-state index >= 15 is 0 Å². The molecule has 0 amide bonds. The van der Waals surface area contributed by atoms with Crippen LogP contribution in [-0.2, 0) is 35.1 Å². The van der Waals surface area contributed by atoms with Gasteiger partial charge in [-0.25, -0.2) is 13.9 Å². The van der Waals surface area contributed by atoms with Gasteiger partial charge in [0.05, 0.1) is 13.2 Å². The number of hydrogen-bond donors (Lipinski definition) is 1. The van der Waals surface area contributed by atoms with Crippen molar-refractivity contribution >= 4 is 95.9 Å². The molecule has 11 nitrogen and oxygen atoms in total. The van der Waals surface area contributed by atoms with E-state index in [2.05, 4.69) is 0 Å².